The number of urea groups is 1. The SMILES string of the molecule is CC1CCC2C(C)(C)C(=NNC(N)=O)C(OC(=O)c3cccnc3)CC23OC2C(CC13C)C(O)CC1C(=O)NC(O)C12. The number of hydrogen-bond donors (Lipinski definition) is 5. The molecule has 12 heteroatoms. The van der Waals surface area contributed by atoms with E-state index in [4.69, 9.17) is 15.2 Å². The largest absolute Gasteiger partial charge is 0.452 e. The molecule has 3 heterocycles. The molecule has 5 aliphatic rings. The van der Waals surface area contributed by atoms with Crippen molar-refractivity contribution < 1.29 is 34.1 Å². The van der Waals surface area contributed by atoms with Crippen LogP contribution in [0.4, 0.5) is 4.79 Å². The zero-order chi connectivity index (χ0) is 30.2. The predicted octanol–water partition coefficient (Wildman–Crippen LogP) is 1.70. The van der Waals surface area contributed by atoms with E-state index >= 15 is 0 Å². The van der Waals surface area contributed by atoms with E-state index in [9.17, 15) is 24.6 Å². The fourth-order valence-corrected chi connectivity index (χ4v) is 9.32. The number of fused-ring (bicyclic) bond motifs is 3. The van der Waals surface area contributed by atoms with E-state index in [0.717, 1.165) is 12.8 Å². The number of nitrogens with one attached hydrogen (secondary N) is 2. The molecule has 11 atom stereocenters. The zero-order valence-corrected chi connectivity index (χ0v) is 24.4. The highest BCUT2D eigenvalue weighted by atomic mass is 16.6. The Morgan fingerprint density at radius 2 is 2.00 bits per heavy atom. The number of carbonyl (C=O) groups is 3. The van der Waals surface area contributed by atoms with Crippen molar-refractivity contribution in [3.8, 4) is 0 Å². The molecule has 6 N–H and O–H groups in total. The summed E-state index contributed by atoms with van der Waals surface area (Å²) in [7, 11) is 0. The molecule has 0 bridgehead atoms. The van der Waals surface area contributed by atoms with E-state index in [1.807, 2.05) is 13.8 Å². The van der Waals surface area contributed by atoms with Crippen LogP contribution in [0.5, 0.6) is 0 Å². The standard InChI is InChI=1S/C30H41N5O7/c1-14-7-8-20-28(2,3)23(34-35-27(31)40)19(41-26(39)15-6-5-9-32-13-15)12-30(20)29(14,4)11-17-18(36)10-16-21(22(17)42-30)25(38)33-24(16)37/h5-6,9,13-14,16-22,25,36,38H,7-8,10-12H2,1-4H3,(H,33,37)(H3,31,35,40). The summed E-state index contributed by atoms with van der Waals surface area (Å²) in [4.78, 5) is 41.9. The number of aromatic nitrogens is 1. The molecule has 12 nitrogen and oxygen atoms in total. The molecule has 3 saturated carbocycles. The van der Waals surface area contributed by atoms with Gasteiger partial charge in [-0.3, -0.25) is 9.78 Å². The topological polar surface area (TPSA) is 185 Å². The smallest absolute Gasteiger partial charge is 0.340 e. The molecule has 228 valence electrons. The molecule has 0 aromatic carbocycles. The minimum atomic E-state index is -1.07. The van der Waals surface area contributed by atoms with Crippen molar-refractivity contribution in [1.82, 2.24) is 15.7 Å². The Hall–Kier alpha value is -3.09. The summed E-state index contributed by atoms with van der Waals surface area (Å²) in [6.07, 6.45) is 2.58. The maximum Gasteiger partial charge on any atom is 0.340 e. The Morgan fingerprint density at radius 3 is 2.69 bits per heavy atom. The van der Waals surface area contributed by atoms with Gasteiger partial charge in [-0.25, -0.2) is 15.0 Å². The first-order valence-electron chi connectivity index (χ1n) is 14.9. The summed E-state index contributed by atoms with van der Waals surface area (Å²) in [6.45, 7) is 8.44. The van der Waals surface area contributed by atoms with Gasteiger partial charge in [0, 0.05) is 41.5 Å². The Kier molecular flexibility index (Phi) is 6.90. The number of rotatable bonds is 3. The van der Waals surface area contributed by atoms with Crippen molar-refractivity contribution >= 4 is 23.6 Å². The van der Waals surface area contributed by atoms with Crippen LogP contribution in [0.3, 0.4) is 0 Å². The van der Waals surface area contributed by atoms with Gasteiger partial charge in [0.05, 0.1) is 35.0 Å². The van der Waals surface area contributed by atoms with Crippen LogP contribution in [0, 0.1) is 40.4 Å². The van der Waals surface area contributed by atoms with Crippen molar-refractivity contribution in [1.29, 1.82) is 0 Å². The minimum Gasteiger partial charge on any atom is -0.452 e. The summed E-state index contributed by atoms with van der Waals surface area (Å²) in [6, 6.07) is 2.44. The molecule has 1 aromatic rings. The second-order valence-electron chi connectivity index (χ2n) is 13.8. The number of nitrogens with two attached hydrogens (primary N) is 1. The molecule has 2 saturated heterocycles. The summed E-state index contributed by atoms with van der Waals surface area (Å²) in [5.41, 5.74) is 6.50. The van der Waals surface area contributed by atoms with Gasteiger partial charge in [-0.05, 0) is 49.7 Å². The summed E-state index contributed by atoms with van der Waals surface area (Å²) >= 11 is 0. The molecule has 2 aliphatic heterocycles. The zero-order valence-electron chi connectivity index (χ0n) is 24.4. The molecule has 42 heavy (non-hydrogen) atoms. The number of esters is 1. The third kappa shape index (κ3) is 4.16. The minimum absolute atomic E-state index is 0.117. The maximum atomic E-state index is 13.4. The van der Waals surface area contributed by atoms with Crippen LogP contribution in [0.25, 0.3) is 0 Å². The number of aliphatic hydroxyl groups excluding tert-OH is 2. The first-order chi connectivity index (χ1) is 19.8. The van der Waals surface area contributed by atoms with Crippen molar-refractivity contribution in [3.05, 3.63) is 30.1 Å². The monoisotopic (exact) mass is 583 g/mol. The summed E-state index contributed by atoms with van der Waals surface area (Å²) in [5.74, 6) is -2.09. The van der Waals surface area contributed by atoms with E-state index < -0.39 is 64.8 Å². The number of primary amides is 1. The lowest BCUT2D eigenvalue weighted by Gasteiger charge is -2.70. The van der Waals surface area contributed by atoms with E-state index in [2.05, 4.69) is 34.7 Å². The van der Waals surface area contributed by atoms with E-state index in [1.165, 1.54) is 6.20 Å². The predicted molar refractivity (Wildman–Crippen MR) is 149 cm³/mol. The van der Waals surface area contributed by atoms with Crippen molar-refractivity contribution in [2.75, 3.05) is 0 Å². The van der Waals surface area contributed by atoms with E-state index in [0.29, 0.717) is 12.1 Å². The number of amides is 3. The van der Waals surface area contributed by atoms with Crippen LogP contribution < -0.4 is 16.5 Å². The lowest BCUT2D eigenvalue weighted by atomic mass is 9.42. The van der Waals surface area contributed by atoms with Gasteiger partial charge >= 0.3 is 12.0 Å². The molecule has 1 aromatic heterocycles. The lowest BCUT2D eigenvalue weighted by Crippen LogP contribution is -2.75. The molecule has 0 radical (unpaired) electrons. The second kappa shape index (κ2) is 9.99. The van der Waals surface area contributed by atoms with Gasteiger partial charge in [-0.2, -0.15) is 5.10 Å². The Bertz CT molecular complexity index is 1310. The first-order valence-corrected chi connectivity index (χ1v) is 14.9. The molecule has 3 aliphatic carbocycles. The summed E-state index contributed by atoms with van der Waals surface area (Å²) in [5, 5.41) is 29.3. The first kappa shape index (κ1) is 29.0. The maximum absolute atomic E-state index is 13.4. The normalized spacial score (nSPS) is 44.6. The lowest BCUT2D eigenvalue weighted by molar-refractivity contribution is -0.328. The Morgan fingerprint density at radius 1 is 1.24 bits per heavy atom. The van der Waals surface area contributed by atoms with Gasteiger partial charge in [-0.15, -0.1) is 0 Å². The second-order valence-corrected chi connectivity index (χ2v) is 13.8. The number of ether oxygens (including phenoxy) is 2. The third-order valence-corrected chi connectivity index (χ3v) is 11.5. The van der Waals surface area contributed by atoms with Crippen molar-refractivity contribution in [2.24, 2.45) is 51.3 Å². The number of nitrogens with zero attached hydrogens (tertiary/aromatic N) is 2. The van der Waals surface area contributed by atoms with Crippen LogP contribution in [0.1, 0.15) is 70.2 Å². The Balaban J connectivity index is 1.46. The molecule has 1 spiro atoms. The highest BCUT2D eigenvalue weighted by Crippen LogP contribution is 2.68. The van der Waals surface area contributed by atoms with Crippen LogP contribution in [0.15, 0.2) is 29.6 Å². The van der Waals surface area contributed by atoms with Gasteiger partial charge in [0.15, 0.2) is 0 Å². The van der Waals surface area contributed by atoms with Crippen LogP contribution in [-0.4, -0.2) is 69.0 Å². The molecular weight excluding hydrogens is 542 g/mol. The molecule has 5 fully saturated rings. The fraction of sp³-hybridized carbons (Fsp3) is 0.700. The van der Waals surface area contributed by atoms with Gasteiger partial charge < -0.3 is 30.7 Å². The van der Waals surface area contributed by atoms with Crippen LogP contribution in [0.2, 0.25) is 0 Å². The molecule has 3 amide bonds. The Labute approximate surface area is 244 Å². The molecule has 6 rings (SSSR count). The summed E-state index contributed by atoms with van der Waals surface area (Å²) < 4.78 is 13.5. The number of aliphatic hydroxyl groups is 2. The molecular formula is C30H41N5O7. The quantitative estimate of drug-likeness (QED) is 0.263. The van der Waals surface area contributed by atoms with Gasteiger partial charge in [0.1, 0.15) is 12.3 Å². The number of hydrogen-bond acceptors (Lipinski definition) is 9. The molecule has 11 unspecified atom stereocenters. The highest BCUT2D eigenvalue weighted by Gasteiger charge is 2.72. The number of hydrazone groups is 1. The van der Waals surface area contributed by atoms with Crippen LogP contribution in [-0.2, 0) is 14.3 Å². The van der Waals surface area contributed by atoms with Gasteiger partial charge in [0.2, 0.25) is 5.91 Å². The fourth-order valence-electron chi connectivity index (χ4n) is 9.32. The number of carbonyl (C=O) groups excluding carboxylic acids is 3. The average Bonchev–Trinajstić information content (AvgIpc) is 3.21. The average molecular weight is 584 g/mol. The van der Waals surface area contributed by atoms with Gasteiger partial charge in [-0.1, -0.05) is 27.7 Å². The highest BCUT2D eigenvalue weighted by molar-refractivity contribution is 5.99. The van der Waals surface area contributed by atoms with Crippen LogP contribution >= 0.6 is 0 Å². The van der Waals surface area contributed by atoms with Crippen molar-refractivity contribution in [3.63, 3.8) is 0 Å². The van der Waals surface area contributed by atoms with Gasteiger partial charge in [0.25, 0.3) is 0 Å². The van der Waals surface area contributed by atoms with E-state index in [-0.39, 0.29) is 42.1 Å². The van der Waals surface area contributed by atoms with E-state index in [1.54, 1.807) is 18.3 Å². The third-order valence-electron chi connectivity index (χ3n) is 11.5. The number of pyridine rings is 1. The van der Waals surface area contributed by atoms with Crippen molar-refractivity contribution in [2.45, 2.75) is 89.9 Å².